The number of carbonyl (C=O) groups is 2. The Kier molecular flexibility index (Phi) is 5.98. The van der Waals surface area contributed by atoms with Gasteiger partial charge < -0.3 is 10.6 Å². The molecule has 0 saturated heterocycles. The van der Waals surface area contributed by atoms with Crippen molar-refractivity contribution in [2.45, 2.75) is 19.5 Å². The molecule has 2 aromatic rings. The topological polar surface area (TPSA) is 58.2 Å². The van der Waals surface area contributed by atoms with Crippen molar-refractivity contribution in [2.24, 2.45) is 0 Å². The van der Waals surface area contributed by atoms with Gasteiger partial charge in [0, 0.05) is 18.1 Å². The number of hydrogen-bond acceptors (Lipinski definition) is 2. The number of carbonyl (C=O) groups excluding carboxylic acids is 2. The van der Waals surface area contributed by atoms with E-state index in [2.05, 4.69) is 10.6 Å². The van der Waals surface area contributed by atoms with Gasteiger partial charge in [0.1, 0.15) is 6.42 Å². The highest BCUT2D eigenvalue weighted by Gasteiger charge is 2.08. The third-order valence-electron chi connectivity index (χ3n) is 3.06. The Labute approximate surface area is 134 Å². The Balaban J connectivity index is 1.70. The van der Waals surface area contributed by atoms with Gasteiger partial charge in [0.2, 0.25) is 11.8 Å². The quantitative estimate of drug-likeness (QED) is 0.805. The van der Waals surface area contributed by atoms with E-state index in [1.54, 1.807) is 12.1 Å². The Hall–Kier alpha value is -2.33. The molecule has 22 heavy (non-hydrogen) atoms. The summed E-state index contributed by atoms with van der Waals surface area (Å²) in [5.41, 5.74) is 1.93. The maximum absolute atomic E-state index is 11.7. The Morgan fingerprint density at radius 2 is 1.27 bits per heavy atom. The third kappa shape index (κ3) is 5.58. The fourth-order valence-electron chi connectivity index (χ4n) is 1.87. The van der Waals surface area contributed by atoms with Crippen LogP contribution >= 0.6 is 11.6 Å². The summed E-state index contributed by atoms with van der Waals surface area (Å²) in [4.78, 5) is 23.4. The van der Waals surface area contributed by atoms with Crippen LogP contribution in [0.2, 0.25) is 5.02 Å². The molecule has 0 atom stereocenters. The molecule has 2 aromatic carbocycles. The summed E-state index contributed by atoms with van der Waals surface area (Å²) >= 11 is 5.79. The predicted octanol–water partition coefficient (Wildman–Crippen LogP) is 2.66. The first-order valence-electron chi connectivity index (χ1n) is 6.95. The van der Waals surface area contributed by atoms with E-state index in [0.29, 0.717) is 18.1 Å². The van der Waals surface area contributed by atoms with E-state index >= 15 is 0 Å². The van der Waals surface area contributed by atoms with Gasteiger partial charge in [-0.25, -0.2) is 0 Å². The predicted molar refractivity (Wildman–Crippen MR) is 86.2 cm³/mol. The SMILES string of the molecule is O=C(CC(=O)NCc1ccc(Cl)cc1)NCc1ccccc1. The summed E-state index contributed by atoms with van der Waals surface area (Å²) in [5.74, 6) is -0.599. The van der Waals surface area contributed by atoms with E-state index in [0.717, 1.165) is 11.1 Å². The van der Waals surface area contributed by atoms with Crippen LogP contribution in [0.25, 0.3) is 0 Å². The Morgan fingerprint density at radius 1 is 0.773 bits per heavy atom. The van der Waals surface area contributed by atoms with Crippen molar-refractivity contribution < 1.29 is 9.59 Å². The van der Waals surface area contributed by atoms with E-state index < -0.39 is 0 Å². The van der Waals surface area contributed by atoms with Crippen LogP contribution in [-0.4, -0.2) is 11.8 Å². The van der Waals surface area contributed by atoms with E-state index in [4.69, 9.17) is 11.6 Å². The van der Waals surface area contributed by atoms with Crippen molar-refractivity contribution in [3.05, 3.63) is 70.7 Å². The zero-order valence-corrected chi connectivity index (χ0v) is 12.8. The molecule has 0 heterocycles. The molecule has 0 bridgehead atoms. The molecule has 5 heteroatoms. The molecule has 2 N–H and O–H groups in total. The summed E-state index contributed by atoms with van der Waals surface area (Å²) in [6.45, 7) is 0.798. The fourth-order valence-corrected chi connectivity index (χ4v) is 2.00. The number of hydrogen-bond donors (Lipinski definition) is 2. The number of nitrogens with one attached hydrogen (secondary N) is 2. The highest BCUT2D eigenvalue weighted by molar-refractivity contribution is 6.30. The zero-order valence-electron chi connectivity index (χ0n) is 12.0. The van der Waals surface area contributed by atoms with Crippen molar-refractivity contribution in [3.63, 3.8) is 0 Å². The molecule has 2 amide bonds. The summed E-state index contributed by atoms with van der Waals surface area (Å²) in [6, 6.07) is 16.7. The van der Waals surface area contributed by atoms with Crippen LogP contribution in [0.1, 0.15) is 17.5 Å². The van der Waals surface area contributed by atoms with Crippen LogP contribution in [0.15, 0.2) is 54.6 Å². The van der Waals surface area contributed by atoms with E-state index in [1.165, 1.54) is 0 Å². The second kappa shape index (κ2) is 8.20. The number of halogens is 1. The average molecular weight is 317 g/mol. The number of amides is 2. The summed E-state index contributed by atoms with van der Waals surface area (Å²) < 4.78 is 0. The van der Waals surface area contributed by atoms with Gasteiger partial charge >= 0.3 is 0 Å². The first-order chi connectivity index (χ1) is 10.6. The van der Waals surface area contributed by atoms with Crippen LogP contribution in [0.5, 0.6) is 0 Å². The van der Waals surface area contributed by atoms with Crippen molar-refractivity contribution in [3.8, 4) is 0 Å². The van der Waals surface area contributed by atoms with Crippen molar-refractivity contribution >= 4 is 23.4 Å². The van der Waals surface area contributed by atoms with Crippen molar-refractivity contribution in [2.75, 3.05) is 0 Å². The summed E-state index contributed by atoms with van der Waals surface area (Å²) in [7, 11) is 0. The molecule has 0 aliphatic rings. The lowest BCUT2D eigenvalue weighted by Crippen LogP contribution is -2.31. The minimum Gasteiger partial charge on any atom is -0.352 e. The molecule has 114 valence electrons. The van der Waals surface area contributed by atoms with Gasteiger partial charge in [-0.1, -0.05) is 54.1 Å². The van der Waals surface area contributed by atoms with Crippen LogP contribution in [0.3, 0.4) is 0 Å². The zero-order chi connectivity index (χ0) is 15.8. The van der Waals surface area contributed by atoms with Crippen molar-refractivity contribution in [1.82, 2.24) is 10.6 Å². The maximum Gasteiger partial charge on any atom is 0.229 e. The molecule has 0 fully saturated rings. The van der Waals surface area contributed by atoms with Crippen LogP contribution in [0, 0.1) is 0 Å². The smallest absolute Gasteiger partial charge is 0.229 e. The van der Waals surface area contributed by atoms with Gasteiger partial charge in [0.25, 0.3) is 0 Å². The van der Waals surface area contributed by atoms with Crippen molar-refractivity contribution in [1.29, 1.82) is 0 Å². The van der Waals surface area contributed by atoms with Crippen LogP contribution in [-0.2, 0) is 22.7 Å². The number of benzene rings is 2. The fraction of sp³-hybridized carbons (Fsp3) is 0.176. The van der Waals surface area contributed by atoms with Gasteiger partial charge in [-0.15, -0.1) is 0 Å². The monoisotopic (exact) mass is 316 g/mol. The molecule has 0 aromatic heterocycles. The second-order valence-electron chi connectivity index (χ2n) is 4.84. The van der Waals surface area contributed by atoms with E-state index in [-0.39, 0.29) is 18.2 Å². The Bertz CT molecular complexity index is 627. The molecule has 0 radical (unpaired) electrons. The van der Waals surface area contributed by atoms with Crippen LogP contribution in [0.4, 0.5) is 0 Å². The molecular formula is C17H17ClN2O2. The average Bonchev–Trinajstić information content (AvgIpc) is 2.53. The third-order valence-corrected chi connectivity index (χ3v) is 3.31. The molecular weight excluding hydrogens is 300 g/mol. The van der Waals surface area contributed by atoms with Gasteiger partial charge in [-0.05, 0) is 23.3 Å². The molecule has 4 nitrogen and oxygen atoms in total. The minimum atomic E-state index is -0.305. The Morgan fingerprint density at radius 3 is 1.82 bits per heavy atom. The second-order valence-corrected chi connectivity index (χ2v) is 5.28. The lowest BCUT2D eigenvalue weighted by Gasteiger charge is -2.07. The molecule has 0 spiro atoms. The maximum atomic E-state index is 11.7. The molecule has 0 aliphatic carbocycles. The summed E-state index contributed by atoms with van der Waals surface area (Å²) in [6.07, 6.45) is -0.180. The first-order valence-corrected chi connectivity index (χ1v) is 7.33. The van der Waals surface area contributed by atoms with Gasteiger partial charge in [0.15, 0.2) is 0 Å². The van der Waals surface area contributed by atoms with Gasteiger partial charge in [0.05, 0.1) is 0 Å². The van der Waals surface area contributed by atoms with Crippen LogP contribution < -0.4 is 10.6 Å². The highest BCUT2D eigenvalue weighted by Crippen LogP contribution is 2.09. The first kappa shape index (κ1) is 16.0. The molecule has 0 unspecified atom stereocenters. The lowest BCUT2D eigenvalue weighted by molar-refractivity contribution is -0.129. The standard InChI is InChI=1S/C17H17ClN2O2/c18-15-8-6-14(7-9-15)12-20-17(22)10-16(21)19-11-13-4-2-1-3-5-13/h1-9H,10-12H2,(H,19,21)(H,20,22). The summed E-state index contributed by atoms with van der Waals surface area (Å²) in [5, 5.41) is 6.07. The largest absolute Gasteiger partial charge is 0.352 e. The van der Waals surface area contributed by atoms with Gasteiger partial charge in [-0.2, -0.15) is 0 Å². The number of rotatable bonds is 6. The molecule has 2 rings (SSSR count). The normalized spacial score (nSPS) is 10.0. The highest BCUT2D eigenvalue weighted by atomic mass is 35.5. The minimum absolute atomic E-state index is 0.180. The van der Waals surface area contributed by atoms with E-state index in [1.807, 2.05) is 42.5 Å². The van der Waals surface area contributed by atoms with E-state index in [9.17, 15) is 9.59 Å². The molecule has 0 saturated carbocycles. The molecule has 0 aliphatic heterocycles. The lowest BCUT2D eigenvalue weighted by atomic mass is 10.2. The van der Waals surface area contributed by atoms with Gasteiger partial charge in [-0.3, -0.25) is 9.59 Å².